The summed E-state index contributed by atoms with van der Waals surface area (Å²) < 4.78 is 7.02. The number of methoxy groups -OCH3 is 1. The minimum Gasteiger partial charge on any atom is -0.495 e. The molecule has 4 heteroatoms. The zero-order valence-corrected chi connectivity index (χ0v) is 9.64. The summed E-state index contributed by atoms with van der Waals surface area (Å²) in [5.41, 5.74) is 6.33. The largest absolute Gasteiger partial charge is 0.495 e. The lowest BCUT2D eigenvalue weighted by atomic mass is 10.3. The van der Waals surface area contributed by atoms with E-state index in [2.05, 4.69) is 38.5 Å². The Balaban J connectivity index is 3.24. The van der Waals surface area contributed by atoms with Crippen LogP contribution in [0.2, 0.25) is 0 Å². The van der Waals surface area contributed by atoms with Gasteiger partial charge in [-0.1, -0.05) is 0 Å². The Hall–Kier alpha value is 0.0300. The van der Waals surface area contributed by atoms with E-state index in [0.29, 0.717) is 11.4 Å². The predicted molar refractivity (Wildman–Crippen MR) is 57.8 cm³/mol. The van der Waals surface area contributed by atoms with Crippen molar-refractivity contribution in [3.05, 3.63) is 20.2 Å². The Bertz CT molecular complexity index is 277. The van der Waals surface area contributed by atoms with Gasteiger partial charge in [0.15, 0.2) is 0 Å². The monoisotopic (exact) mass is 327 g/mol. The number of hydrogen-bond acceptors (Lipinski definition) is 2. The van der Waals surface area contributed by atoms with Gasteiger partial charge in [-0.05, 0) is 50.7 Å². The summed E-state index contributed by atoms with van der Waals surface area (Å²) in [6, 6.07) is 3.83. The second-order valence-electron chi connectivity index (χ2n) is 2.00. The summed E-state index contributed by atoms with van der Waals surface area (Å²) in [5, 5.41) is 0. The van der Waals surface area contributed by atoms with Crippen LogP contribution in [0.25, 0.3) is 0 Å². The quantitative estimate of drug-likeness (QED) is 0.635. The smallest absolute Gasteiger partial charge is 0.143 e. The third kappa shape index (κ3) is 1.99. The molecule has 0 aromatic heterocycles. The first-order chi connectivity index (χ1) is 5.15. The van der Waals surface area contributed by atoms with Crippen molar-refractivity contribution in [1.82, 2.24) is 0 Å². The lowest BCUT2D eigenvalue weighted by Gasteiger charge is -2.06. The molecule has 0 atom stereocenters. The van der Waals surface area contributed by atoms with Crippen molar-refractivity contribution >= 4 is 44.2 Å². The fraction of sp³-hybridized carbons (Fsp3) is 0.143. The van der Waals surface area contributed by atoms with Gasteiger partial charge in [0, 0.05) is 8.04 Å². The van der Waals surface area contributed by atoms with Gasteiger partial charge in [-0.2, -0.15) is 0 Å². The van der Waals surface area contributed by atoms with E-state index in [4.69, 9.17) is 10.5 Å². The Labute approximate surface area is 87.4 Å². The molecule has 0 saturated carbocycles. The van der Waals surface area contributed by atoms with Crippen LogP contribution in [0.5, 0.6) is 5.75 Å². The third-order valence-electron chi connectivity index (χ3n) is 1.28. The molecule has 1 aromatic carbocycles. The van der Waals surface area contributed by atoms with Crippen molar-refractivity contribution < 1.29 is 4.74 Å². The molecule has 1 rings (SSSR count). The van der Waals surface area contributed by atoms with Gasteiger partial charge in [-0.25, -0.2) is 0 Å². The summed E-state index contributed by atoms with van der Waals surface area (Å²) in [6.07, 6.45) is 0. The molecule has 0 aliphatic carbocycles. The average Bonchev–Trinajstić information content (AvgIpc) is 1.96. The summed E-state index contributed by atoms with van der Waals surface area (Å²) in [6.45, 7) is 0. The van der Waals surface area contributed by atoms with E-state index in [0.717, 1.165) is 8.04 Å². The molecule has 0 saturated heterocycles. The summed E-state index contributed by atoms with van der Waals surface area (Å²) in [5.74, 6) is 0.712. The molecule has 0 amide bonds. The van der Waals surface area contributed by atoms with Gasteiger partial charge in [0.2, 0.25) is 0 Å². The summed E-state index contributed by atoms with van der Waals surface area (Å²) in [7, 11) is 1.61. The number of anilines is 1. The highest BCUT2D eigenvalue weighted by atomic mass is 127. The zero-order chi connectivity index (χ0) is 8.43. The molecule has 0 radical (unpaired) electrons. The first kappa shape index (κ1) is 9.12. The van der Waals surface area contributed by atoms with Crippen LogP contribution in [-0.4, -0.2) is 7.11 Å². The predicted octanol–water partition coefficient (Wildman–Crippen LogP) is 2.64. The Morgan fingerprint density at radius 3 is 2.73 bits per heavy atom. The van der Waals surface area contributed by atoms with E-state index in [1.54, 1.807) is 7.11 Å². The second-order valence-corrected chi connectivity index (χ2v) is 4.10. The zero-order valence-electron chi connectivity index (χ0n) is 5.90. The van der Waals surface area contributed by atoms with Crippen LogP contribution in [0, 0.1) is 3.57 Å². The van der Waals surface area contributed by atoms with Crippen molar-refractivity contribution in [2.24, 2.45) is 0 Å². The first-order valence-corrected chi connectivity index (χ1v) is 4.81. The van der Waals surface area contributed by atoms with E-state index in [1.165, 1.54) is 0 Å². The maximum absolute atomic E-state index is 5.69. The van der Waals surface area contributed by atoms with E-state index in [-0.39, 0.29) is 0 Å². The fourth-order valence-corrected chi connectivity index (χ4v) is 2.19. The van der Waals surface area contributed by atoms with Crippen LogP contribution in [0.15, 0.2) is 16.6 Å². The van der Waals surface area contributed by atoms with Crippen molar-refractivity contribution in [2.45, 2.75) is 0 Å². The van der Waals surface area contributed by atoms with Crippen LogP contribution in [-0.2, 0) is 0 Å². The van der Waals surface area contributed by atoms with Gasteiger partial charge < -0.3 is 10.5 Å². The lowest BCUT2D eigenvalue weighted by Crippen LogP contribution is -1.93. The molecule has 2 N–H and O–H groups in total. The SMILES string of the molecule is COc1cc(I)cc(Br)c1N. The van der Waals surface area contributed by atoms with Gasteiger partial charge in [0.1, 0.15) is 5.75 Å². The first-order valence-electron chi connectivity index (χ1n) is 2.93. The molecule has 0 fully saturated rings. The maximum atomic E-state index is 5.69. The minimum absolute atomic E-state index is 0.646. The molecule has 0 unspecified atom stereocenters. The Kier molecular flexibility index (Phi) is 3.00. The Morgan fingerprint density at radius 2 is 2.18 bits per heavy atom. The molecule has 0 aliphatic rings. The van der Waals surface area contributed by atoms with E-state index >= 15 is 0 Å². The van der Waals surface area contributed by atoms with Gasteiger partial charge in [-0.3, -0.25) is 0 Å². The van der Waals surface area contributed by atoms with Gasteiger partial charge in [0.25, 0.3) is 0 Å². The second kappa shape index (κ2) is 3.62. The van der Waals surface area contributed by atoms with Crippen LogP contribution < -0.4 is 10.5 Å². The van der Waals surface area contributed by atoms with Crippen LogP contribution in [0.1, 0.15) is 0 Å². The number of benzene rings is 1. The summed E-state index contributed by atoms with van der Waals surface area (Å²) in [4.78, 5) is 0. The minimum atomic E-state index is 0.646. The topological polar surface area (TPSA) is 35.2 Å². The van der Waals surface area contributed by atoms with E-state index in [1.807, 2.05) is 12.1 Å². The molecule has 11 heavy (non-hydrogen) atoms. The van der Waals surface area contributed by atoms with Crippen molar-refractivity contribution in [3.63, 3.8) is 0 Å². The Morgan fingerprint density at radius 1 is 1.55 bits per heavy atom. The molecule has 0 bridgehead atoms. The van der Waals surface area contributed by atoms with Gasteiger partial charge >= 0.3 is 0 Å². The number of halogens is 2. The molecule has 0 spiro atoms. The number of rotatable bonds is 1. The lowest BCUT2D eigenvalue weighted by molar-refractivity contribution is 0.416. The average molecular weight is 328 g/mol. The van der Waals surface area contributed by atoms with Crippen molar-refractivity contribution in [1.29, 1.82) is 0 Å². The van der Waals surface area contributed by atoms with Crippen LogP contribution in [0.3, 0.4) is 0 Å². The van der Waals surface area contributed by atoms with Crippen LogP contribution >= 0.6 is 38.5 Å². The van der Waals surface area contributed by atoms with Gasteiger partial charge in [-0.15, -0.1) is 0 Å². The molecule has 2 nitrogen and oxygen atoms in total. The molecule has 0 aliphatic heterocycles. The molecule has 60 valence electrons. The number of hydrogen-bond donors (Lipinski definition) is 1. The molecule has 0 heterocycles. The third-order valence-corrected chi connectivity index (χ3v) is 2.56. The highest BCUT2D eigenvalue weighted by Crippen LogP contribution is 2.31. The molecular weight excluding hydrogens is 321 g/mol. The molecular formula is C7H7BrINO. The number of ether oxygens (including phenoxy) is 1. The summed E-state index contributed by atoms with van der Waals surface area (Å²) >= 11 is 5.53. The highest BCUT2D eigenvalue weighted by molar-refractivity contribution is 14.1. The van der Waals surface area contributed by atoms with E-state index < -0.39 is 0 Å². The van der Waals surface area contributed by atoms with Gasteiger partial charge in [0.05, 0.1) is 12.8 Å². The maximum Gasteiger partial charge on any atom is 0.143 e. The van der Waals surface area contributed by atoms with E-state index in [9.17, 15) is 0 Å². The number of nitrogens with two attached hydrogens (primary N) is 1. The highest BCUT2D eigenvalue weighted by Gasteiger charge is 2.03. The number of nitrogen functional groups attached to an aromatic ring is 1. The molecule has 1 aromatic rings. The van der Waals surface area contributed by atoms with Crippen molar-refractivity contribution in [2.75, 3.05) is 12.8 Å². The standard InChI is InChI=1S/C7H7BrINO/c1-11-6-3-4(9)2-5(8)7(6)10/h2-3H,10H2,1H3. The normalized spacial score (nSPS) is 9.73. The van der Waals surface area contributed by atoms with Crippen LogP contribution in [0.4, 0.5) is 5.69 Å². The fourth-order valence-electron chi connectivity index (χ4n) is 0.730. The van der Waals surface area contributed by atoms with Crippen molar-refractivity contribution in [3.8, 4) is 5.75 Å².